The molecule has 5 atom stereocenters. The molecule has 0 bridgehead atoms. The molecule has 2 aliphatic carbocycles. The number of hydrazone groups is 1. The summed E-state index contributed by atoms with van der Waals surface area (Å²) in [5.41, 5.74) is 4.99. The molecule has 7 N–H and O–H groups in total. The SMILES string of the molecule is C=C[C@H]1CC1(NC(=O)[C@@H]1C[C@@H](N(N)/N=C(\N)c2ccc(OC)cc2)CN1C(=O)C(CCC(=O)C=C(C)C)NC(=O)OC(C)(C)C)C(=O)NS(=O)(=O)C1CC1. The van der Waals surface area contributed by atoms with Crippen LogP contribution in [-0.4, -0.2) is 102 Å². The van der Waals surface area contributed by atoms with Crippen molar-refractivity contribution < 1.29 is 41.9 Å². The van der Waals surface area contributed by atoms with Gasteiger partial charge in [-0.1, -0.05) is 11.6 Å². The van der Waals surface area contributed by atoms with Gasteiger partial charge in [0.05, 0.1) is 18.4 Å². The second kappa shape index (κ2) is 16.6. The number of sulfonamides is 1. The van der Waals surface area contributed by atoms with Gasteiger partial charge in [-0.25, -0.2) is 24.2 Å². The number of amidine groups is 1. The van der Waals surface area contributed by atoms with Gasteiger partial charge in [-0.2, -0.15) is 0 Å². The third-order valence-corrected chi connectivity index (χ3v) is 11.0. The Balaban J connectivity index is 1.65. The minimum absolute atomic E-state index is 0.0347. The first-order valence-electron chi connectivity index (χ1n) is 17.7. The average Bonchev–Trinajstić information content (AvgIpc) is 4.01. The number of ketones is 1. The molecule has 2 unspecified atom stereocenters. The minimum Gasteiger partial charge on any atom is -0.497 e. The zero-order valence-corrected chi connectivity index (χ0v) is 32.4. The van der Waals surface area contributed by atoms with Gasteiger partial charge in [0, 0.05) is 30.9 Å². The molecule has 1 aromatic rings. The van der Waals surface area contributed by atoms with Gasteiger partial charge in [-0.3, -0.25) is 23.9 Å². The molecule has 3 fully saturated rings. The first-order valence-corrected chi connectivity index (χ1v) is 19.2. The number of carbonyl (C=O) groups excluding carboxylic acids is 5. The number of rotatable bonds is 16. The summed E-state index contributed by atoms with van der Waals surface area (Å²) in [5.74, 6) is 3.76. The van der Waals surface area contributed by atoms with Gasteiger partial charge in [0.2, 0.25) is 21.8 Å². The minimum atomic E-state index is -3.95. The number of hydrogen-bond acceptors (Lipinski definition) is 12. The number of nitrogens with one attached hydrogen (secondary N) is 3. The Kier molecular flexibility index (Phi) is 12.8. The van der Waals surface area contributed by atoms with Crippen molar-refractivity contribution in [3.8, 4) is 5.75 Å². The molecule has 1 heterocycles. The first-order chi connectivity index (χ1) is 25.2. The number of nitrogens with two attached hydrogens (primary N) is 2. The van der Waals surface area contributed by atoms with Gasteiger partial charge in [0.1, 0.15) is 29.0 Å². The third kappa shape index (κ3) is 10.6. The highest BCUT2D eigenvalue weighted by atomic mass is 32.2. The van der Waals surface area contributed by atoms with Gasteiger partial charge in [-0.05, 0) is 90.6 Å². The summed E-state index contributed by atoms with van der Waals surface area (Å²) >= 11 is 0. The lowest BCUT2D eigenvalue weighted by Gasteiger charge is -2.30. The Morgan fingerprint density at radius 2 is 1.80 bits per heavy atom. The maximum absolute atomic E-state index is 14.4. The summed E-state index contributed by atoms with van der Waals surface area (Å²) in [6.45, 7) is 12.0. The summed E-state index contributed by atoms with van der Waals surface area (Å²) in [5, 5.41) is 9.93. The second-order valence-corrected chi connectivity index (χ2v) is 17.1. The molecule has 4 amide bonds. The van der Waals surface area contributed by atoms with E-state index in [0.29, 0.717) is 24.2 Å². The van der Waals surface area contributed by atoms with Crippen LogP contribution in [0.2, 0.25) is 0 Å². The number of hydrazine groups is 1. The highest BCUT2D eigenvalue weighted by Gasteiger charge is 2.62. The highest BCUT2D eigenvalue weighted by molar-refractivity contribution is 7.91. The quantitative estimate of drug-likeness (QED) is 0.0399. The van der Waals surface area contributed by atoms with Crippen LogP contribution in [-0.2, 0) is 33.9 Å². The number of likely N-dealkylation sites (tertiary alicyclic amines) is 1. The molecule has 1 saturated heterocycles. The molecular formula is C36H52N8O9S. The summed E-state index contributed by atoms with van der Waals surface area (Å²) in [6, 6.07) is 3.33. The lowest BCUT2D eigenvalue weighted by atomic mass is 10.0. The molecule has 0 spiro atoms. The number of alkyl carbamates (subject to hydrolysis) is 1. The smallest absolute Gasteiger partial charge is 0.408 e. The van der Waals surface area contributed by atoms with Crippen molar-refractivity contribution in [3.63, 3.8) is 0 Å². The molecule has 0 radical (unpaired) electrons. The van der Waals surface area contributed by atoms with E-state index in [-0.39, 0.29) is 43.8 Å². The van der Waals surface area contributed by atoms with Crippen LogP contribution >= 0.6 is 0 Å². The van der Waals surface area contributed by atoms with E-state index in [0.717, 1.165) is 10.7 Å². The monoisotopic (exact) mass is 772 g/mol. The Hall–Kier alpha value is -4.97. The molecule has 4 rings (SSSR count). The molecule has 18 heteroatoms. The van der Waals surface area contributed by atoms with E-state index in [1.165, 1.54) is 24.2 Å². The van der Waals surface area contributed by atoms with Crippen molar-refractivity contribution in [2.24, 2.45) is 22.6 Å². The van der Waals surface area contributed by atoms with E-state index in [4.69, 9.17) is 21.1 Å². The van der Waals surface area contributed by atoms with Crippen molar-refractivity contribution in [2.45, 2.75) is 108 Å². The number of ether oxygens (including phenoxy) is 2. The number of hydrogen-bond donors (Lipinski definition) is 5. The van der Waals surface area contributed by atoms with Gasteiger partial charge in [0.25, 0.3) is 5.91 Å². The Morgan fingerprint density at radius 3 is 2.33 bits per heavy atom. The van der Waals surface area contributed by atoms with Crippen molar-refractivity contribution in [1.29, 1.82) is 0 Å². The number of nitrogens with zero attached hydrogens (tertiary/aromatic N) is 3. The first kappa shape index (κ1) is 41.8. The van der Waals surface area contributed by atoms with E-state index in [9.17, 15) is 32.4 Å². The van der Waals surface area contributed by atoms with Crippen LogP contribution in [0.3, 0.4) is 0 Å². The molecule has 17 nitrogen and oxygen atoms in total. The van der Waals surface area contributed by atoms with Crippen molar-refractivity contribution in [2.75, 3.05) is 13.7 Å². The average molecular weight is 773 g/mol. The van der Waals surface area contributed by atoms with Crippen LogP contribution < -0.4 is 31.7 Å². The Labute approximate surface area is 315 Å². The fraction of sp³-hybridized carbons (Fsp3) is 0.556. The number of methoxy groups -OCH3 is 1. The van der Waals surface area contributed by atoms with Gasteiger partial charge >= 0.3 is 6.09 Å². The van der Waals surface area contributed by atoms with E-state index in [1.807, 2.05) is 0 Å². The van der Waals surface area contributed by atoms with E-state index < -0.39 is 74.3 Å². The van der Waals surface area contributed by atoms with E-state index in [1.54, 1.807) is 58.9 Å². The largest absolute Gasteiger partial charge is 0.497 e. The number of amides is 4. The van der Waals surface area contributed by atoms with Gasteiger partial charge in [-0.15, -0.1) is 11.7 Å². The molecule has 2 saturated carbocycles. The standard InChI is InChI=1S/C36H52N8O9S/c1-8-23-19-36(23,33(48)42-54(50,51)27-14-15-27)40-31(46)29-18-24(44(38)41-30(37)22-9-12-26(52-7)13-10-22)20-43(29)32(47)28(16-11-25(45)17-21(2)3)39-34(49)53-35(4,5)6/h8-10,12-13,17,23-24,27-29H,1,11,14-16,18-20,38H2,2-7H3,(H2,37,41)(H,39,49)(H,40,46)(H,42,48)/t23-,24+,28?,29-,36?/m0/s1. The van der Waals surface area contributed by atoms with Crippen LogP contribution in [0.25, 0.3) is 0 Å². The number of allylic oxidation sites excluding steroid dienone is 2. The molecule has 54 heavy (non-hydrogen) atoms. The summed E-state index contributed by atoms with van der Waals surface area (Å²) in [4.78, 5) is 68.9. The Bertz CT molecular complexity index is 1800. The van der Waals surface area contributed by atoms with Crippen molar-refractivity contribution >= 4 is 45.5 Å². The molecule has 3 aliphatic rings. The Morgan fingerprint density at radius 1 is 1.15 bits per heavy atom. The molecular weight excluding hydrogens is 721 g/mol. The lowest BCUT2D eigenvalue weighted by Crippen LogP contribution is -2.58. The van der Waals surface area contributed by atoms with Crippen LogP contribution in [0.5, 0.6) is 5.75 Å². The summed E-state index contributed by atoms with van der Waals surface area (Å²) in [7, 11) is -2.42. The van der Waals surface area contributed by atoms with Gasteiger partial charge < -0.3 is 30.7 Å². The van der Waals surface area contributed by atoms with Crippen LogP contribution in [0.4, 0.5) is 4.79 Å². The van der Waals surface area contributed by atoms with Crippen molar-refractivity contribution in [1.82, 2.24) is 25.4 Å². The van der Waals surface area contributed by atoms with Crippen LogP contribution in [0.1, 0.15) is 78.7 Å². The normalized spacial score (nSPS) is 23.0. The maximum Gasteiger partial charge on any atom is 0.408 e. The fourth-order valence-electron chi connectivity index (χ4n) is 6.13. The predicted molar refractivity (Wildman–Crippen MR) is 200 cm³/mol. The molecule has 296 valence electrons. The third-order valence-electron chi connectivity index (χ3n) is 9.21. The molecule has 1 aromatic carbocycles. The topological polar surface area (TPSA) is 245 Å². The summed E-state index contributed by atoms with van der Waals surface area (Å²) in [6.07, 6.45) is 2.55. The van der Waals surface area contributed by atoms with Gasteiger partial charge in [0.15, 0.2) is 11.6 Å². The predicted octanol–water partition coefficient (Wildman–Crippen LogP) is 1.34. The number of carbonyl (C=O) groups is 5. The lowest BCUT2D eigenvalue weighted by molar-refractivity contribution is -0.141. The molecule has 0 aromatic heterocycles. The van der Waals surface area contributed by atoms with Crippen LogP contribution in [0, 0.1) is 5.92 Å². The fourth-order valence-corrected chi connectivity index (χ4v) is 7.49. The summed E-state index contributed by atoms with van der Waals surface area (Å²) < 4.78 is 38.0. The van der Waals surface area contributed by atoms with Crippen LogP contribution in [0.15, 0.2) is 53.7 Å². The zero-order valence-electron chi connectivity index (χ0n) is 31.6. The van der Waals surface area contributed by atoms with E-state index in [2.05, 4.69) is 27.0 Å². The maximum atomic E-state index is 14.4. The molecule has 1 aliphatic heterocycles. The van der Waals surface area contributed by atoms with E-state index >= 15 is 0 Å². The number of benzene rings is 1. The zero-order chi connectivity index (χ0) is 40.2. The second-order valence-electron chi connectivity index (χ2n) is 15.1. The van der Waals surface area contributed by atoms with Crippen molar-refractivity contribution in [3.05, 3.63) is 54.1 Å². The highest BCUT2D eigenvalue weighted by Crippen LogP contribution is 2.45.